The molecule has 4 fully saturated rings. The van der Waals surface area contributed by atoms with E-state index in [9.17, 15) is 18.0 Å². The van der Waals surface area contributed by atoms with Gasteiger partial charge in [-0.05, 0) is 63.5 Å². The van der Waals surface area contributed by atoms with E-state index in [-0.39, 0.29) is 35.6 Å². The van der Waals surface area contributed by atoms with Gasteiger partial charge in [0.2, 0.25) is 5.91 Å². The quantitative estimate of drug-likeness (QED) is 0.345. The number of pyridine rings is 1. The first-order valence-corrected chi connectivity index (χ1v) is 15.1. The number of carbonyl (C=O) groups is 1. The van der Waals surface area contributed by atoms with Crippen LogP contribution in [0.4, 0.5) is 29.1 Å². The van der Waals surface area contributed by atoms with Crippen LogP contribution < -0.4 is 16.0 Å². The van der Waals surface area contributed by atoms with Gasteiger partial charge in [-0.25, -0.2) is 9.37 Å². The van der Waals surface area contributed by atoms with Gasteiger partial charge in [-0.3, -0.25) is 9.69 Å². The summed E-state index contributed by atoms with van der Waals surface area (Å²) in [5, 5.41) is 10.6. The molecule has 3 N–H and O–H groups in total. The Morgan fingerprint density at radius 2 is 1.74 bits per heavy atom. The molecule has 1 amide bonds. The summed E-state index contributed by atoms with van der Waals surface area (Å²) >= 11 is 0. The molecule has 1 aliphatic heterocycles. The maximum Gasteiger partial charge on any atom is 0.417 e. The Bertz CT molecular complexity index is 1310. The minimum atomic E-state index is -4.66. The van der Waals surface area contributed by atoms with Gasteiger partial charge in [0, 0.05) is 53.6 Å². The summed E-state index contributed by atoms with van der Waals surface area (Å²) in [4.78, 5) is 18.9. The van der Waals surface area contributed by atoms with Crippen LogP contribution in [0.5, 0.6) is 0 Å². The zero-order chi connectivity index (χ0) is 29.4. The first-order chi connectivity index (χ1) is 20.2. The molecule has 0 radical (unpaired) electrons. The van der Waals surface area contributed by atoms with Gasteiger partial charge in [-0.2, -0.15) is 13.2 Å². The van der Waals surface area contributed by atoms with Crippen molar-refractivity contribution in [2.24, 2.45) is 5.92 Å². The summed E-state index contributed by atoms with van der Waals surface area (Å²) in [6, 6.07) is 6.51. The molecule has 6 rings (SSSR count). The number of nitrogens with zero attached hydrogens (tertiary/aromatic N) is 2. The average molecular weight is 590 g/mol. The van der Waals surface area contributed by atoms with Crippen LogP contribution >= 0.6 is 0 Å². The van der Waals surface area contributed by atoms with Gasteiger partial charge in [0.15, 0.2) is 0 Å². The van der Waals surface area contributed by atoms with Crippen molar-refractivity contribution in [3.63, 3.8) is 0 Å². The van der Waals surface area contributed by atoms with E-state index in [1.165, 1.54) is 0 Å². The Labute approximate surface area is 243 Å². The van der Waals surface area contributed by atoms with E-state index < -0.39 is 24.0 Å². The highest BCUT2D eigenvalue weighted by molar-refractivity contribution is 6.01. The predicted molar refractivity (Wildman–Crippen MR) is 155 cm³/mol. The summed E-state index contributed by atoms with van der Waals surface area (Å²) in [6.07, 6.45) is 0.217. The van der Waals surface area contributed by atoms with Crippen molar-refractivity contribution >= 4 is 33.8 Å². The van der Waals surface area contributed by atoms with Gasteiger partial charge in [-0.1, -0.05) is 18.7 Å². The third kappa shape index (κ3) is 6.51. The normalized spacial score (nSPS) is 28.9. The lowest BCUT2D eigenvalue weighted by molar-refractivity contribution is -0.122. The highest BCUT2D eigenvalue weighted by Crippen LogP contribution is 2.39. The van der Waals surface area contributed by atoms with Gasteiger partial charge in [0.1, 0.15) is 12.0 Å². The molecular weight excluding hydrogens is 550 g/mol. The van der Waals surface area contributed by atoms with Crippen LogP contribution in [0.1, 0.15) is 57.1 Å². The van der Waals surface area contributed by atoms with E-state index in [1.807, 2.05) is 0 Å². The number of ether oxygens (including phenoxy) is 1. The Hall–Kier alpha value is -2.92. The molecule has 3 aliphatic carbocycles. The van der Waals surface area contributed by atoms with E-state index in [1.54, 1.807) is 24.3 Å². The zero-order valence-corrected chi connectivity index (χ0v) is 23.7. The molecule has 42 heavy (non-hydrogen) atoms. The first kappa shape index (κ1) is 29.2. The van der Waals surface area contributed by atoms with Gasteiger partial charge in [0.25, 0.3) is 0 Å². The number of aromatic nitrogens is 1. The number of amides is 1. The highest BCUT2D eigenvalue weighted by Gasteiger charge is 2.37. The Morgan fingerprint density at radius 3 is 2.45 bits per heavy atom. The second-order valence-electron chi connectivity index (χ2n) is 12.2. The molecular formula is C31H39F4N5O2. The van der Waals surface area contributed by atoms with Gasteiger partial charge in [-0.15, -0.1) is 0 Å². The predicted octanol–water partition coefficient (Wildman–Crippen LogP) is 5.67. The molecule has 3 saturated carbocycles. The summed E-state index contributed by atoms with van der Waals surface area (Å²) in [5.74, 6) is 0.526. The van der Waals surface area contributed by atoms with E-state index in [4.69, 9.17) is 4.74 Å². The third-order valence-corrected chi connectivity index (χ3v) is 9.23. The maximum atomic E-state index is 15.5. The van der Waals surface area contributed by atoms with Crippen molar-refractivity contribution < 1.29 is 27.1 Å². The molecule has 0 bridgehead atoms. The van der Waals surface area contributed by atoms with Crippen LogP contribution in [-0.4, -0.2) is 78.6 Å². The molecule has 2 heterocycles. The summed E-state index contributed by atoms with van der Waals surface area (Å²) in [6.45, 7) is 6.28. The maximum absolute atomic E-state index is 15.5. The van der Waals surface area contributed by atoms with Crippen molar-refractivity contribution in [2.75, 3.05) is 36.9 Å². The molecule has 4 aliphatic rings. The first-order valence-electron chi connectivity index (χ1n) is 15.1. The number of fused-ring (bicyclic) bond motifs is 1. The molecule has 11 heteroatoms. The second kappa shape index (κ2) is 12.0. The lowest BCUT2D eigenvalue weighted by Crippen LogP contribution is -2.49. The van der Waals surface area contributed by atoms with Crippen molar-refractivity contribution in [3.05, 3.63) is 36.5 Å². The third-order valence-electron chi connectivity index (χ3n) is 9.23. The van der Waals surface area contributed by atoms with Crippen LogP contribution in [0.3, 0.4) is 0 Å². The lowest BCUT2D eigenvalue weighted by Gasteiger charge is -2.40. The number of allylic oxidation sites excluding steroid dienone is 1. The van der Waals surface area contributed by atoms with Gasteiger partial charge >= 0.3 is 6.18 Å². The van der Waals surface area contributed by atoms with Gasteiger partial charge < -0.3 is 20.7 Å². The van der Waals surface area contributed by atoms with Crippen LogP contribution in [-0.2, 0) is 9.53 Å². The fourth-order valence-corrected chi connectivity index (χ4v) is 6.69. The molecule has 1 unspecified atom stereocenters. The number of morpholine rings is 1. The van der Waals surface area contributed by atoms with Crippen LogP contribution in [0.2, 0.25) is 0 Å². The van der Waals surface area contributed by atoms with Crippen molar-refractivity contribution in [2.45, 2.75) is 87.9 Å². The minimum Gasteiger partial charge on any atom is -0.379 e. The smallest absolute Gasteiger partial charge is 0.379 e. The second-order valence-corrected chi connectivity index (χ2v) is 12.2. The van der Waals surface area contributed by atoms with Crippen LogP contribution in [0.25, 0.3) is 16.3 Å². The number of halogens is 4. The number of hydrogen-bond donors (Lipinski definition) is 3. The number of alkyl halides is 4. The fraction of sp³-hybridized carbons (Fsp3) is 0.613. The SMILES string of the molecule is C=C(c1nc(N[C@@H]2CC[C@H](NC(=O)C3CC3)C2)cc2c(N[C@@H]3CCC(N4CCOCC4)C[C@@H]3F)cccc12)C(F)(F)F. The fourth-order valence-electron chi connectivity index (χ4n) is 6.69. The number of hydrogen-bond acceptors (Lipinski definition) is 6. The summed E-state index contributed by atoms with van der Waals surface area (Å²) in [7, 11) is 0. The van der Waals surface area contributed by atoms with E-state index in [0.717, 1.165) is 45.2 Å². The number of carbonyl (C=O) groups excluding carboxylic acids is 1. The molecule has 1 aromatic carbocycles. The van der Waals surface area contributed by atoms with Crippen molar-refractivity contribution in [3.8, 4) is 0 Å². The molecule has 7 nitrogen and oxygen atoms in total. The summed E-state index contributed by atoms with van der Waals surface area (Å²) in [5.41, 5.74) is -0.688. The molecule has 228 valence electrons. The Balaban J connectivity index is 1.22. The monoisotopic (exact) mass is 589 g/mol. The standard InChI is InChI=1S/C31H39F4N5O2/c1-18(31(33,34)35)29-23-3-2-4-26(38-27-10-9-22(16-25(27)32)40-11-13-42-14-12-40)24(23)17-28(39-29)36-20-7-8-21(15-20)37-30(41)19-5-6-19/h2-4,17,19-22,25,27,38H,1,5-16H2,(H,36,39)(H,37,41)/t20-,21+,22?,25+,27-/m1/s1. The summed E-state index contributed by atoms with van der Waals surface area (Å²) < 4.78 is 62.6. The molecule has 5 atom stereocenters. The number of anilines is 2. The van der Waals surface area contributed by atoms with Crippen molar-refractivity contribution in [1.82, 2.24) is 15.2 Å². The van der Waals surface area contributed by atoms with E-state index >= 15 is 4.39 Å². The number of rotatable bonds is 8. The minimum absolute atomic E-state index is 0.0342. The van der Waals surface area contributed by atoms with Crippen LogP contribution in [0, 0.1) is 5.92 Å². The lowest BCUT2D eigenvalue weighted by atomic mass is 9.88. The van der Waals surface area contributed by atoms with E-state index in [0.29, 0.717) is 54.8 Å². The Kier molecular flexibility index (Phi) is 8.33. The number of nitrogens with one attached hydrogen (secondary N) is 3. The number of benzene rings is 1. The van der Waals surface area contributed by atoms with E-state index in [2.05, 4.69) is 32.4 Å². The Morgan fingerprint density at radius 1 is 0.976 bits per heavy atom. The molecule has 1 aromatic heterocycles. The highest BCUT2D eigenvalue weighted by atomic mass is 19.4. The van der Waals surface area contributed by atoms with Gasteiger partial charge in [0.05, 0.1) is 30.5 Å². The van der Waals surface area contributed by atoms with Crippen molar-refractivity contribution in [1.29, 1.82) is 0 Å². The molecule has 1 saturated heterocycles. The zero-order valence-electron chi connectivity index (χ0n) is 23.7. The molecule has 0 spiro atoms. The largest absolute Gasteiger partial charge is 0.417 e. The topological polar surface area (TPSA) is 78.5 Å². The molecule has 2 aromatic rings. The van der Waals surface area contributed by atoms with Crippen LogP contribution in [0.15, 0.2) is 30.8 Å². The average Bonchev–Trinajstić information content (AvgIpc) is 3.74.